The average molecular weight is 188 g/mol. The molecule has 0 radical (unpaired) electrons. The van der Waals surface area contributed by atoms with Gasteiger partial charge in [-0.15, -0.1) is 0 Å². The fraction of sp³-hybridized carbons (Fsp3) is 0.125. The molecule has 0 aliphatic rings. The van der Waals surface area contributed by atoms with Crippen LogP contribution in [0.3, 0.4) is 0 Å². The van der Waals surface area contributed by atoms with Gasteiger partial charge in [-0.05, 0) is 12.1 Å². The molecule has 0 unspecified atom stereocenters. The number of benzene rings is 1. The smallest absolute Gasteiger partial charge is 0.207 e. The number of carbonyl (C=O) groups is 1. The van der Waals surface area contributed by atoms with Crippen LogP contribution in [0.5, 0.6) is 0 Å². The normalized spacial score (nSPS) is 9.50. The maximum atomic E-state index is 12.9. The lowest BCUT2D eigenvalue weighted by atomic mass is 10.2. The highest BCUT2D eigenvalue weighted by atomic mass is 35.5. The van der Waals surface area contributed by atoms with Crippen LogP contribution in [0.2, 0.25) is 5.02 Å². The minimum atomic E-state index is -0.406. The minimum Gasteiger partial charge on any atom is -0.354 e. The van der Waals surface area contributed by atoms with E-state index in [4.69, 9.17) is 11.6 Å². The van der Waals surface area contributed by atoms with Crippen molar-refractivity contribution in [2.45, 2.75) is 6.54 Å². The minimum absolute atomic E-state index is 0.187. The van der Waals surface area contributed by atoms with E-state index < -0.39 is 5.82 Å². The fourth-order valence-corrected chi connectivity index (χ4v) is 0.975. The van der Waals surface area contributed by atoms with Crippen molar-refractivity contribution in [3.8, 4) is 0 Å². The predicted molar refractivity (Wildman–Crippen MR) is 44.3 cm³/mol. The zero-order valence-corrected chi connectivity index (χ0v) is 6.94. The van der Waals surface area contributed by atoms with E-state index in [-0.39, 0.29) is 6.54 Å². The Balaban J connectivity index is 2.78. The molecule has 0 atom stereocenters. The molecule has 12 heavy (non-hydrogen) atoms. The molecule has 2 nitrogen and oxygen atoms in total. The lowest BCUT2D eigenvalue weighted by molar-refractivity contribution is -0.109. The van der Waals surface area contributed by atoms with Crippen LogP contribution in [0, 0.1) is 5.82 Å². The van der Waals surface area contributed by atoms with Gasteiger partial charge in [0.05, 0.1) is 0 Å². The van der Waals surface area contributed by atoms with Gasteiger partial charge in [0.2, 0.25) is 6.41 Å². The van der Waals surface area contributed by atoms with E-state index in [1.165, 1.54) is 12.1 Å². The van der Waals surface area contributed by atoms with E-state index in [2.05, 4.69) is 5.32 Å². The Morgan fingerprint density at radius 2 is 2.33 bits per heavy atom. The second kappa shape index (κ2) is 4.07. The Labute approximate surface area is 74.3 Å². The Morgan fingerprint density at radius 3 is 2.92 bits per heavy atom. The molecule has 0 aliphatic heterocycles. The molecule has 0 heterocycles. The third kappa shape index (κ3) is 2.20. The molecule has 0 fully saturated rings. The number of hydrogen-bond acceptors (Lipinski definition) is 1. The summed E-state index contributed by atoms with van der Waals surface area (Å²) in [5.74, 6) is -0.406. The van der Waals surface area contributed by atoms with Crippen molar-refractivity contribution in [2.75, 3.05) is 0 Å². The van der Waals surface area contributed by atoms with Crippen molar-refractivity contribution in [3.05, 3.63) is 34.6 Å². The molecule has 1 aromatic rings. The molecular weight excluding hydrogens is 181 g/mol. The lowest BCUT2D eigenvalue weighted by Gasteiger charge is -2.01. The van der Waals surface area contributed by atoms with Crippen molar-refractivity contribution in [1.29, 1.82) is 0 Å². The first-order valence-electron chi connectivity index (χ1n) is 3.35. The summed E-state index contributed by atoms with van der Waals surface area (Å²) < 4.78 is 12.9. The van der Waals surface area contributed by atoms with Crippen molar-refractivity contribution in [2.24, 2.45) is 0 Å². The summed E-state index contributed by atoms with van der Waals surface area (Å²) in [6.45, 7) is 0.187. The largest absolute Gasteiger partial charge is 0.354 e. The van der Waals surface area contributed by atoms with E-state index in [9.17, 15) is 9.18 Å². The van der Waals surface area contributed by atoms with Gasteiger partial charge < -0.3 is 5.32 Å². The number of hydrogen-bond donors (Lipinski definition) is 1. The van der Waals surface area contributed by atoms with Crippen LogP contribution in [0.4, 0.5) is 4.39 Å². The second-order valence-corrected chi connectivity index (χ2v) is 2.67. The van der Waals surface area contributed by atoms with Gasteiger partial charge in [0.25, 0.3) is 0 Å². The Hall–Kier alpha value is -1.09. The van der Waals surface area contributed by atoms with Crippen molar-refractivity contribution < 1.29 is 9.18 Å². The van der Waals surface area contributed by atoms with Crippen LogP contribution >= 0.6 is 11.6 Å². The van der Waals surface area contributed by atoms with Crippen LogP contribution in [0.15, 0.2) is 18.2 Å². The molecule has 0 bridgehead atoms. The summed E-state index contributed by atoms with van der Waals surface area (Å²) in [6, 6.07) is 4.32. The van der Waals surface area contributed by atoms with E-state index >= 15 is 0 Å². The highest BCUT2D eigenvalue weighted by molar-refractivity contribution is 6.30. The summed E-state index contributed by atoms with van der Waals surface area (Å²) >= 11 is 5.52. The summed E-state index contributed by atoms with van der Waals surface area (Å²) in [5, 5.41) is 2.71. The second-order valence-electron chi connectivity index (χ2n) is 2.23. The highest BCUT2D eigenvalue weighted by Gasteiger charge is 2.00. The van der Waals surface area contributed by atoms with Crippen LogP contribution in [-0.4, -0.2) is 6.41 Å². The monoisotopic (exact) mass is 187 g/mol. The van der Waals surface area contributed by atoms with Crippen molar-refractivity contribution >= 4 is 18.0 Å². The zero-order chi connectivity index (χ0) is 8.97. The molecule has 1 amide bonds. The van der Waals surface area contributed by atoms with Crippen LogP contribution in [0.1, 0.15) is 5.56 Å². The molecule has 0 saturated carbocycles. The third-order valence-electron chi connectivity index (χ3n) is 1.39. The molecular formula is C8H7ClFNO. The van der Waals surface area contributed by atoms with Gasteiger partial charge in [0.15, 0.2) is 0 Å². The number of rotatable bonds is 3. The number of carbonyl (C=O) groups excluding carboxylic acids is 1. The summed E-state index contributed by atoms with van der Waals surface area (Å²) in [7, 11) is 0. The first-order chi connectivity index (χ1) is 5.74. The number of amides is 1. The average Bonchev–Trinajstić information content (AvgIpc) is 2.03. The number of nitrogens with one attached hydrogen (secondary N) is 1. The quantitative estimate of drug-likeness (QED) is 0.718. The summed E-state index contributed by atoms with van der Waals surface area (Å²) in [6.07, 6.45) is 0.522. The van der Waals surface area contributed by atoms with E-state index in [0.717, 1.165) is 0 Å². The summed E-state index contributed by atoms with van der Waals surface area (Å²) in [4.78, 5) is 9.90. The van der Waals surface area contributed by atoms with Crippen LogP contribution in [-0.2, 0) is 11.3 Å². The molecule has 0 spiro atoms. The zero-order valence-electron chi connectivity index (χ0n) is 6.18. The number of halogens is 2. The van der Waals surface area contributed by atoms with Gasteiger partial charge >= 0.3 is 0 Å². The maximum absolute atomic E-state index is 12.9. The van der Waals surface area contributed by atoms with Crippen LogP contribution in [0.25, 0.3) is 0 Å². The SMILES string of the molecule is O=CNCc1ccc(Cl)cc1F. The molecule has 1 rings (SSSR count). The van der Waals surface area contributed by atoms with Gasteiger partial charge in [-0.1, -0.05) is 17.7 Å². The highest BCUT2D eigenvalue weighted by Crippen LogP contribution is 2.13. The standard InChI is InChI=1S/C8H7ClFNO/c9-7-2-1-6(4-11-5-12)8(10)3-7/h1-3,5H,4H2,(H,11,12). The lowest BCUT2D eigenvalue weighted by Crippen LogP contribution is -2.10. The Morgan fingerprint density at radius 1 is 1.58 bits per heavy atom. The van der Waals surface area contributed by atoms with Gasteiger partial charge in [0.1, 0.15) is 5.82 Å². The van der Waals surface area contributed by atoms with Gasteiger partial charge in [-0.3, -0.25) is 4.79 Å². The first-order valence-corrected chi connectivity index (χ1v) is 3.73. The van der Waals surface area contributed by atoms with Gasteiger partial charge in [-0.25, -0.2) is 4.39 Å². The van der Waals surface area contributed by atoms with Crippen molar-refractivity contribution in [3.63, 3.8) is 0 Å². The van der Waals surface area contributed by atoms with E-state index in [1.54, 1.807) is 6.07 Å². The molecule has 0 aliphatic carbocycles. The molecule has 4 heteroatoms. The first kappa shape index (κ1) is 9.00. The summed E-state index contributed by atoms with van der Waals surface area (Å²) in [5.41, 5.74) is 0.423. The topological polar surface area (TPSA) is 29.1 Å². The van der Waals surface area contributed by atoms with E-state index in [1.807, 2.05) is 0 Å². The third-order valence-corrected chi connectivity index (χ3v) is 1.63. The van der Waals surface area contributed by atoms with Crippen LogP contribution < -0.4 is 5.32 Å². The molecule has 64 valence electrons. The Kier molecular flexibility index (Phi) is 3.05. The Bertz CT molecular complexity index is 290. The molecule has 0 saturated heterocycles. The van der Waals surface area contributed by atoms with Gasteiger partial charge in [-0.2, -0.15) is 0 Å². The maximum Gasteiger partial charge on any atom is 0.207 e. The fourth-order valence-electron chi connectivity index (χ4n) is 0.817. The van der Waals surface area contributed by atoms with Gasteiger partial charge in [0, 0.05) is 17.1 Å². The molecule has 1 N–H and O–H groups in total. The van der Waals surface area contributed by atoms with E-state index in [0.29, 0.717) is 17.0 Å². The molecule has 1 aromatic carbocycles. The predicted octanol–water partition coefficient (Wildman–Crippen LogP) is 1.73. The van der Waals surface area contributed by atoms with Crippen molar-refractivity contribution in [1.82, 2.24) is 5.32 Å². The molecule has 0 aromatic heterocycles.